The Hall–Kier alpha value is -1.08. The first kappa shape index (κ1) is 13.0. The lowest BCUT2D eigenvalue weighted by molar-refractivity contribution is 0.437. The summed E-state index contributed by atoms with van der Waals surface area (Å²) < 4.78 is 0. The van der Waals surface area contributed by atoms with Crippen LogP contribution in [0.4, 0.5) is 0 Å². The van der Waals surface area contributed by atoms with E-state index in [1.807, 2.05) is 0 Å². The third kappa shape index (κ3) is 4.63. The van der Waals surface area contributed by atoms with Crippen molar-refractivity contribution in [3.8, 4) is 0 Å². The van der Waals surface area contributed by atoms with Gasteiger partial charge in [-0.25, -0.2) is 0 Å². The van der Waals surface area contributed by atoms with E-state index in [0.29, 0.717) is 0 Å². The van der Waals surface area contributed by atoms with Crippen LogP contribution in [0.5, 0.6) is 0 Å². The van der Waals surface area contributed by atoms with E-state index in [0.717, 1.165) is 5.92 Å². The molecule has 0 bridgehead atoms. The Morgan fingerprint density at radius 1 is 1.19 bits per heavy atom. The molecule has 1 aromatic rings. The van der Waals surface area contributed by atoms with E-state index in [1.165, 1.54) is 37.1 Å². The van der Waals surface area contributed by atoms with Gasteiger partial charge in [-0.1, -0.05) is 30.3 Å². The fourth-order valence-corrected chi connectivity index (χ4v) is 1.74. The van der Waals surface area contributed by atoms with Crippen LogP contribution in [0.15, 0.2) is 36.9 Å². The number of rotatable bonds is 1. The molecule has 1 fully saturated rings. The molecular formula is C15H25N. The molecule has 2 rings (SSSR count). The van der Waals surface area contributed by atoms with Gasteiger partial charge in [0.15, 0.2) is 0 Å². The van der Waals surface area contributed by atoms with E-state index in [4.69, 9.17) is 0 Å². The van der Waals surface area contributed by atoms with Crippen LogP contribution in [-0.4, -0.2) is 13.1 Å². The molecule has 1 aliphatic heterocycles. The van der Waals surface area contributed by atoms with Gasteiger partial charge >= 0.3 is 0 Å². The molecule has 0 radical (unpaired) electrons. The summed E-state index contributed by atoms with van der Waals surface area (Å²) in [6.07, 6.45) is 4.63. The van der Waals surface area contributed by atoms with Crippen molar-refractivity contribution in [3.63, 3.8) is 0 Å². The number of nitrogens with one attached hydrogen (secondary N) is 1. The van der Waals surface area contributed by atoms with E-state index >= 15 is 0 Å². The van der Waals surface area contributed by atoms with Crippen molar-refractivity contribution in [2.75, 3.05) is 13.1 Å². The lowest BCUT2D eigenvalue weighted by Gasteiger charge is -2.18. The van der Waals surface area contributed by atoms with Gasteiger partial charge < -0.3 is 5.32 Å². The summed E-state index contributed by atoms with van der Waals surface area (Å²) in [7, 11) is 0. The highest BCUT2D eigenvalue weighted by Gasteiger charge is 2.07. The topological polar surface area (TPSA) is 12.0 Å². The summed E-state index contributed by atoms with van der Waals surface area (Å²) in [5.41, 5.74) is 2.74. The normalized spacial score (nSPS) is 16.1. The predicted octanol–water partition coefficient (Wildman–Crippen LogP) is 3.72. The fourth-order valence-electron chi connectivity index (χ4n) is 1.74. The average molecular weight is 219 g/mol. The summed E-state index contributed by atoms with van der Waals surface area (Å²) in [5, 5.41) is 3.30. The number of allylic oxidation sites excluding steroid dienone is 1. The van der Waals surface area contributed by atoms with Gasteiger partial charge in [0, 0.05) is 1.43 Å². The van der Waals surface area contributed by atoms with E-state index < -0.39 is 0 Å². The maximum Gasteiger partial charge on any atom is 0 e. The molecule has 90 valence electrons. The summed E-state index contributed by atoms with van der Waals surface area (Å²) >= 11 is 0. The minimum absolute atomic E-state index is 0. The highest BCUT2D eigenvalue weighted by Crippen LogP contribution is 2.10. The standard InChI is InChI=1S/C8H10.C7H13N.H2/c1-7-5-3-4-6-8(7)2;1-2-7-3-5-8-6-4-7;/h3-6H,1-2H3;2,7-8H,1,3-6H2;1H. The van der Waals surface area contributed by atoms with Crippen LogP contribution in [0.1, 0.15) is 25.4 Å². The molecule has 0 spiro atoms. The lowest BCUT2D eigenvalue weighted by Crippen LogP contribution is -2.26. The van der Waals surface area contributed by atoms with Gasteiger partial charge in [-0.3, -0.25) is 0 Å². The second kappa shape index (κ2) is 7.24. The minimum Gasteiger partial charge on any atom is -0.317 e. The molecule has 1 aliphatic rings. The Morgan fingerprint density at radius 2 is 1.69 bits per heavy atom. The van der Waals surface area contributed by atoms with Gasteiger partial charge in [0.2, 0.25) is 0 Å². The first-order valence-electron chi connectivity index (χ1n) is 6.09. The summed E-state index contributed by atoms with van der Waals surface area (Å²) in [6.45, 7) is 10.4. The molecule has 1 nitrogen and oxygen atoms in total. The van der Waals surface area contributed by atoms with Crippen LogP contribution in [0.2, 0.25) is 0 Å². The van der Waals surface area contributed by atoms with Crippen molar-refractivity contribution in [2.24, 2.45) is 5.92 Å². The number of piperidine rings is 1. The average Bonchev–Trinajstić information content (AvgIpc) is 2.35. The van der Waals surface area contributed by atoms with Crippen molar-refractivity contribution >= 4 is 0 Å². The fraction of sp³-hybridized carbons (Fsp3) is 0.467. The summed E-state index contributed by atoms with van der Waals surface area (Å²) in [4.78, 5) is 0. The van der Waals surface area contributed by atoms with Gasteiger partial charge in [-0.05, 0) is 56.8 Å². The van der Waals surface area contributed by atoms with Gasteiger partial charge in [0.05, 0.1) is 0 Å². The Balaban J connectivity index is 0.000000284. The van der Waals surface area contributed by atoms with Crippen LogP contribution >= 0.6 is 0 Å². The second-order valence-corrected chi connectivity index (χ2v) is 4.41. The van der Waals surface area contributed by atoms with Gasteiger partial charge in [0.25, 0.3) is 0 Å². The van der Waals surface area contributed by atoms with Crippen molar-refractivity contribution in [1.29, 1.82) is 0 Å². The molecule has 1 N–H and O–H groups in total. The van der Waals surface area contributed by atoms with Crippen LogP contribution < -0.4 is 5.32 Å². The maximum atomic E-state index is 3.76. The molecular weight excluding hydrogens is 194 g/mol. The molecule has 0 unspecified atom stereocenters. The third-order valence-electron chi connectivity index (χ3n) is 3.14. The molecule has 0 amide bonds. The molecule has 1 heterocycles. The molecule has 0 aromatic heterocycles. The monoisotopic (exact) mass is 219 g/mol. The zero-order chi connectivity index (χ0) is 11.8. The number of aryl methyl sites for hydroxylation is 2. The van der Waals surface area contributed by atoms with Gasteiger partial charge in [-0.15, -0.1) is 6.58 Å². The van der Waals surface area contributed by atoms with E-state index in [2.05, 4.69) is 56.1 Å². The minimum atomic E-state index is 0. The molecule has 0 atom stereocenters. The number of benzene rings is 1. The van der Waals surface area contributed by atoms with Gasteiger partial charge in [-0.2, -0.15) is 0 Å². The van der Waals surface area contributed by atoms with Crippen molar-refractivity contribution in [3.05, 3.63) is 48.0 Å². The Bertz CT molecular complexity index is 295. The molecule has 1 saturated heterocycles. The van der Waals surface area contributed by atoms with Crippen LogP contribution in [-0.2, 0) is 0 Å². The molecule has 0 saturated carbocycles. The largest absolute Gasteiger partial charge is 0.317 e. The highest BCUT2D eigenvalue weighted by molar-refractivity contribution is 5.23. The van der Waals surface area contributed by atoms with Crippen LogP contribution in [0, 0.1) is 19.8 Å². The Kier molecular flexibility index (Phi) is 5.87. The van der Waals surface area contributed by atoms with E-state index in [9.17, 15) is 0 Å². The molecule has 1 aromatic carbocycles. The maximum absolute atomic E-state index is 3.76. The highest BCUT2D eigenvalue weighted by atomic mass is 14.9. The lowest BCUT2D eigenvalue weighted by atomic mass is 9.99. The predicted molar refractivity (Wildman–Crippen MR) is 73.8 cm³/mol. The van der Waals surface area contributed by atoms with E-state index in [-0.39, 0.29) is 1.43 Å². The summed E-state index contributed by atoms with van der Waals surface area (Å²) in [6, 6.07) is 8.36. The van der Waals surface area contributed by atoms with Crippen molar-refractivity contribution < 1.29 is 1.43 Å². The molecule has 1 heteroatoms. The number of hydrogen-bond acceptors (Lipinski definition) is 1. The first-order valence-corrected chi connectivity index (χ1v) is 6.09. The van der Waals surface area contributed by atoms with E-state index in [1.54, 1.807) is 0 Å². The van der Waals surface area contributed by atoms with Crippen molar-refractivity contribution in [2.45, 2.75) is 26.7 Å². The quantitative estimate of drug-likeness (QED) is 0.710. The first-order chi connectivity index (χ1) is 7.74. The van der Waals surface area contributed by atoms with Crippen molar-refractivity contribution in [1.82, 2.24) is 5.32 Å². The Labute approximate surface area is 101 Å². The molecule has 0 aliphatic carbocycles. The van der Waals surface area contributed by atoms with Crippen LogP contribution in [0.25, 0.3) is 0 Å². The Morgan fingerprint density at radius 3 is 2.00 bits per heavy atom. The zero-order valence-electron chi connectivity index (χ0n) is 10.5. The van der Waals surface area contributed by atoms with Crippen LogP contribution in [0.3, 0.4) is 0 Å². The smallest absolute Gasteiger partial charge is 0 e. The zero-order valence-corrected chi connectivity index (χ0v) is 10.5. The number of hydrogen-bond donors (Lipinski definition) is 1. The van der Waals surface area contributed by atoms with Gasteiger partial charge in [0.1, 0.15) is 0 Å². The molecule has 16 heavy (non-hydrogen) atoms. The summed E-state index contributed by atoms with van der Waals surface area (Å²) in [5.74, 6) is 0.788. The third-order valence-corrected chi connectivity index (χ3v) is 3.14. The SMILES string of the molecule is C=CC1CCNCC1.Cc1ccccc1C.[HH]. The second-order valence-electron chi connectivity index (χ2n) is 4.41.